The van der Waals surface area contributed by atoms with Gasteiger partial charge in [-0.05, 0) is 44.2 Å². The van der Waals surface area contributed by atoms with Crippen LogP contribution in [0.25, 0.3) is 0 Å². The smallest absolute Gasteiger partial charge is 0.223 e. The monoisotopic (exact) mass is 367 g/mol. The molecule has 0 saturated carbocycles. The van der Waals surface area contributed by atoms with Crippen molar-refractivity contribution in [3.8, 4) is 0 Å². The summed E-state index contributed by atoms with van der Waals surface area (Å²) in [5.41, 5.74) is 1.17. The van der Waals surface area contributed by atoms with Crippen molar-refractivity contribution in [2.75, 3.05) is 13.2 Å². The van der Waals surface area contributed by atoms with E-state index in [1.807, 2.05) is 23.1 Å². The lowest BCUT2D eigenvalue weighted by molar-refractivity contribution is -0.134. The van der Waals surface area contributed by atoms with E-state index >= 15 is 0 Å². The largest absolute Gasteiger partial charge is 0.378 e. The van der Waals surface area contributed by atoms with Gasteiger partial charge in [-0.25, -0.2) is 0 Å². The first-order valence-electron chi connectivity index (χ1n) is 8.29. The Bertz CT molecular complexity index is 486. The standard InChI is InChI=1S/C18H26BrNO2/c1-3-12-20(14(2)16-8-4-5-9-17(16)19)18(21)11-10-15-7-6-13-22-15/h4-5,8-9,14-15H,3,6-7,10-13H2,1-2H3. The maximum atomic E-state index is 12.7. The molecule has 0 radical (unpaired) electrons. The second-order valence-electron chi connectivity index (χ2n) is 5.96. The number of halogens is 1. The lowest BCUT2D eigenvalue weighted by Crippen LogP contribution is -2.34. The van der Waals surface area contributed by atoms with Crippen LogP contribution in [0.3, 0.4) is 0 Å². The Kier molecular flexibility index (Phi) is 6.90. The number of hydrogen-bond acceptors (Lipinski definition) is 2. The number of ether oxygens (including phenoxy) is 1. The zero-order valence-corrected chi connectivity index (χ0v) is 15.1. The van der Waals surface area contributed by atoms with Gasteiger partial charge in [-0.3, -0.25) is 4.79 Å². The van der Waals surface area contributed by atoms with Crippen LogP contribution >= 0.6 is 15.9 Å². The first-order valence-corrected chi connectivity index (χ1v) is 9.08. The van der Waals surface area contributed by atoms with Crippen molar-refractivity contribution < 1.29 is 9.53 Å². The van der Waals surface area contributed by atoms with Crippen LogP contribution in [0.15, 0.2) is 28.7 Å². The van der Waals surface area contributed by atoms with Crippen LogP contribution in [0.5, 0.6) is 0 Å². The summed E-state index contributed by atoms with van der Waals surface area (Å²) >= 11 is 3.60. The molecule has 22 heavy (non-hydrogen) atoms. The van der Waals surface area contributed by atoms with Crippen LogP contribution < -0.4 is 0 Å². The van der Waals surface area contributed by atoms with Gasteiger partial charge in [0.1, 0.15) is 0 Å². The van der Waals surface area contributed by atoms with E-state index in [0.717, 1.165) is 43.3 Å². The minimum Gasteiger partial charge on any atom is -0.378 e. The Hall–Kier alpha value is -0.870. The number of hydrogen-bond donors (Lipinski definition) is 0. The Morgan fingerprint density at radius 2 is 2.23 bits per heavy atom. The van der Waals surface area contributed by atoms with E-state index in [-0.39, 0.29) is 18.1 Å². The SMILES string of the molecule is CCCN(C(=O)CCC1CCCO1)C(C)c1ccccc1Br. The third-order valence-electron chi connectivity index (χ3n) is 4.31. The molecule has 0 N–H and O–H groups in total. The number of benzene rings is 1. The first-order chi connectivity index (χ1) is 10.6. The van der Waals surface area contributed by atoms with Crippen molar-refractivity contribution in [1.29, 1.82) is 0 Å². The minimum atomic E-state index is 0.0903. The van der Waals surface area contributed by atoms with Gasteiger partial charge in [-0.2, -0.15) is 0 Å². The van der Waals surface area contributed by atoms with E-state index in [9.17, 15) is 4.79 Å². The van der Waals surface area contributed by atoms with Crippen molar-refractivity contribution in [3.63, 3.8) is 0 Å². The molecule has 1 heterocycles. The molecule has 4 heteroatoms. The molecule has 0 bridgehead atoms. The summed E-state index contributed by atoms with van der Waals surface area (Å²) in [4.78, 5) is 14.7. The predicted molar refractivity (Wildman–Crippen MR) is 92.8 cm³/mol. The van der Waals surface area contributed by atoms with E-state index in [2.05, 4.69) is 35.8 Å². The normalized spacial score (nSPS) is 19.1. The quantitative estimate of drug-likeness (QED) is 0.698. The van der Waals surface area contributed by atoms with Crippen LogP contribution in [0.1, 0.15) is 57.6 Å². The molecule has 2 atom stereocenters. The highest BCUT2D eigenvalue weighted by atomic mass is 79.9. The van der Waals surface area contributed by atoms with E-state index in [4.69, 9.17) is 4.74 Å². The second-order valence-corrected chi connectivity index (χ2v) is 6.81. The number of rotatable bonds is 7. The van der Waals surface area contributed by atoms with Gasteiger partial charge in [-0.15, -0.1) is 0 Å². The molecule has 1 saturated heterocycles. The molecule has 2 unspecified atom stereocenters. The summed E-state index contributed by atoms with van der Waals surface area (Å²) < 4.78 is 6.69. The summed E-state index contributed by atoms with van der Waals surface area (Å²) in [5, 5.41) is 0. The highest BCUT2D eigenvalue weighted by molar-refractivity contribution is 9.10. The van der Waals surface area contributed by atoms with Gasteiger partial charge in [0.2, 0.25) is 5.91 Å². The van der Waals surface area contributed by atoms with Gasteiger partial charge in [0.25, 0.3) is 0 Å². The third-order valence-corrected chi connectivity index (χ3v) is 5.03. The summed E-state index contributed by atoms with van der Waals surface area (Å²) in [7, 11) is 0. The molecule has 122 valence electrons. The molecular formula is C18H26BrNO2. The topological polar surface area (TPSA) is 29.5 Å². The molecule has 1 aromatic rings. The molecule has 1 aromatic carbocycles. The highest BCUT2D eigenvalue weighted by Crippen LogP contribution is 2.28. The molecule has 0 spiro atoms. The van der Waals surface area contributed by atoms with Crippen molar-refractivity contribution in [1.82, 2.24) is 4.90 Å². The van der Waals surface area contributed by atoms with E-state index in [1.54, 1.807) is 0 Å². The molecule has 0 aromatic heterocycles. The zero-order chi connectivity index (χ0) is 15.9. The van der Waals surface area contributed by atoms with Gasteiger partial charge in [0, 0.05) is 24.0 Å². The van der Waals surface area contributed by atoms with Crippen molar-refractivity contribution >= 4 is 21.8 Å². The molecular weight excluding hydrogens is 342 g/mol. The fourth-order valence-corrected chi connectivity index (χ4v) is 3.67. The lowest BCUT2D eigenvalue weighted by Gasteiger charge is -2.30. The van der Waals surface area contributed by atoms with Crippen molar-refractivity contribution in [2.24, 2.45) is 0 Å². The molecule has 0 aliphatic carbocycles. The molecule has 3 nitrogen and oxygen atoms in total. The molecule has 1 amide bonds. The minimum absolute atomic E-state index is 0.0903. The van der Waals surface area contributed by atoms with E-state index in [1.165, 1.54) is 5.56 Å². The zero-order valence-electron chi connectivity index (χ0n) is 13.6. The number of amides is 1. The molecule has 1 aliphatic rings. The maximum absolute atomic E-state index is 12.7. The van der Waals surface area contributed by atoms with Crippen molar-refractivity contribution in [2.45, 2.75) is 58.1 Å². The van der Waals surface area contributed by atoms with Gasteiger partial charge < -0.3 is 9.64 Å². The maximum Gasteiger partial charge on any atom is 0.223 e. The van der Waals surface area contributed by atoms with Gasteiger partial charge in [0.05, 0.1) is 12.1 Å². The summed E-state index contributed by atoms with van der Waals surface area (Å²) in [5.74, 6) is 0.237. The van der Waals surface area contributed by atoms with E-state index in [0.29, 0.717) is 6.42 Å². The average Bonchev–Trinajstić information content (AvgIpc) is 3.03. The van der Waals surface area contributed by atoms with Crippen LogP contribution in [0.2, 0.25) is 0 Å². The number of carbonyl (C=O) groups is 1. The lowest BCUT2D eigenvalue weighted by atomic mass is 10.0. The summed E-state index contributed by atoms with van der Waals surface area (Å²) in [6, 6.07) is 8.24. The summed E-state index contributed by atoms with van der Waals surface area (Å²) in [6.07, 6.45) is 4.92. The Morgan fingerprint density at radius 1 is 1.45 bits per heavy atom. The average molecular weight is 368 g/mol. The molecule has 1 fully saturated rings. The van der Waals surface area contributed by atoms with Crippen LogP contribution in [-0.4, -0.2) is 30.1 Å². The number of carbonyl (C=O) groups excluding carboxylic acids is 1. The number of nitrogens with zero attached hydrogens (tertiary/aromatic N) is 1. The molecule has 1 aliphatic heterocycles. The summed E-state index contributed by atoms with van der Waals surface area (Å²) in [6.45, 7) is 5.88. The Balaban J connectivity index is 2.01. The van der Waals surface area contributed by atoms with Gasteiger partial charge in [0.15, 0.2) is 0 Å². The van der Waals surface area contributed by atoms with Gasteiger partial charge in [-0.1, -0.05) is 41.1 Å². The third kappa shape index (κ3) is 4.56. The fraction of sp³-hybridized carbons (Fsp3) is 0.611. The van der Waals surface area contributed by atoms with Crippen molar-refractivity contribution in [3.05, 3.63) is 34.3 Å². The van der Waals surface area contributed by atoms with Crippen LogP contribution in [0.4, 0.5) is 0 Å². The fourth-order valence-electron chi connectivity index (χ4n) is 3.06. The molecule has 2 rings (SSSR count). The second kappa shape index (κ2) is 8.68. The Labute approximate surface area is 142 Å². The van der Waals surface area contributed by atoms with Gasteiger partial charge >= 0.3 is 0 Å². The van der Waals surface area contributed by atoms with Crippen LogP contribution in [-0.2, 0) is 9.53 Å². The Morgan fingerprint density at radius 3 is 2.86 bits per heavy atom. The predicted octanol–water partition coefficient (Wildman–Crippen LogP) is 4.71. The first kappa shape index (κ1) is 17.5. The highest BCUT2D eigenvalue weighted by Gasteiger charge is 2.24. The van der Waals surface area contributed by atoms with E-state index < -0.39 is 0 Å². The van der Waals surface area contributed by atoms with Crippen LogP contribution in [0, 0.1) is 0 Å².